The molecule has 0 saturated carbocycles. The summed E-state index contributed by atoms with van der Waals surface area (Å²) in [4.78, 5) is 39.3. The molecule has 0 spiro atoms. The molecule has 0 aliphatic rings. The quantitative estimate of drug-likeness (QED) is 0.388. The second-order valence-electron chi connectivity index (χ2n) is 7.96. The van der Waals surface area contributed by atoms with Crippen LogP contribution in [-0.2, 0) is 24.3 Å². The predicted octanol–water partition coefficient (Wildman–Crippen LogP) is 3.85. The van der Waals surface area contributed by atoms with E-state index in [0.717, 1.165) is 16.2 Å². The molecule has 0 radical (unpaired) electrons. The summed E-state index contributed by atoms with van der Waals surface area (Å²) in [6, 6.07) is 15.7. The molecule has 0 bridgehead atoms. The van der Waals surface area contributed by atoms with Gasteiger partial charge in [0.05, 0.1) is 30.1 Å². The van der Waals surface area contributed by atoms with Gasteiger partial charge in [-0.15, -0.1) is 0 Å². The first kappa shape index (κ1) is 25.0. The Morgan fingerprint density at radius 2 is 1.72 bits per heavy atom. The molecule has 4 aromatic rings. The average molecular weight is 512 g/mol. The van der Waals surface area contributed by atoms with Crippen molar-refractivity contribution in [2.75, 3.05) is 19.5 Å². The molecule has 4 rings (SSSR count). The summed E-state index contributed by atoms with van der Waals surface area (Å²) in [6.45, 7) is -0.266. The molecular formula is C26H23ClFN3O5. The average Bonchev–Trinajstić information content (AvgIpc) is 2.88. The number of aromatic nitrogens is 2. The van der Waals surface area contributed by atoms with Crippen LogP contribution in [0.25, 0.3) is 10.9 Å². The van der Waals surface area contributed by atoms with Crippen LogP contribution in [0.4, 0.5) is 10.1 Å². The summed E-state index contributed by atoms with van der Waals surface area (Å²) in [5.41, 5.74) is 0.391. The van der Waals surface area contributed by atoms with E-state index in [9.17, 15) is 18.8 Å². The van der Waals surface area contributed by atoms with E-state index in [1.807, 2.05) is 6.07 Å². The lowest BCUT2D eigenvalue weighted by molar-refractivity contribution is -0.116. The van der Waals surface area contributed by atoms with Gasteiger partial charge in [-0.05, 0) is 54.4 Å². The molecule has 10 heteroatoms. The van der Waals surface area contributed by atoms with Crippen molar-refractivity contribution in [1.82, 2.24) is 9.13 Å². The number of carbonyl (C=O) groups excluding carboxylic acids is 1. The highest BCUT2D eigenvalue weighted by atomic mass is 35.5. The van der Waals surface area contributed by atoms with Gasteiger partial charge in [0, 0.05) is 12.2 Å². The first-order valence-electron chi connectivity index (χ1n) is 11.0. The highest BCUT2D eigenvalue weighted by Gasteiger charge is 2.16. The summed E-state index contributed by atoms with van der Waals surface area (Å²) < 4.78 is 26.4. The number of ether oxygens (including phenoxy) is 2. The van der Waals surface area contributed by atoms with Crippen LogP contribution < -0.4 is 26.0 Å². The Balaban J connectivity index is 1.66. The number of hydrogen-bond acceptors (Lipinski definition) is 5. The fraction of sp³-hybridized carbons (Fsp3) is 0.192. The molecule has 1 N–H and O–H groups in total. The topological polar surface area (TPSA) is 91.6 Å². The van der Waals surface area contributed by atoms with E-state index in [-0.39, 0.29) is 23.8 Å². The number of aryl methyl sites for hydroxylation is 1. The normalized spacial score (nSPS) is 10.9. The van der Waals surface area contributed by atoms with Gasteiger partial charge in [-0.25, -0.2) is 9.18 Å². The third kappa shape index (κ3) is 5.11. The molecule has 1 aromatic heterocycles. The van der Waals surface area contributed by atoms with Crippen molar-refractivity contribution in [2.45, 2.75) is 19.5 Å². The molecule has 36 heavy (non-hydrogen) atoms. The monoisotopic (exact) mass is 511 g/mol. The highest BCUT2D eigenvalue weighted by Crippen LogP contribution is 2.27. The molecule has 0 aliphatic heterocycles. The Morgan fingerprint density at radius 3 is 2.44 bits per heavy atom. The lowest BCUT2D eigenvalue weighted by Crippen LogP contribution is -2.42. The number of para-hydroxylation sites is 1. The third-order valence-electron chi connectivity index (χ3n) is 5.71. The summed E-state index contributed by atoms with van der Waals surface area (Å²) in [5.74, 6) is -0.0378. The van der Waals surface area contributed by atoms with Crippen LogP contribution in [0.5, 0.6) is 11.5 Å². The van der Waals surface area contributed by atoms with Gasteiger partial charge >= 0.3 is 5.69 Å². The van der Waals surface area contributed by atoms with E-state index >= 15 is 0 Å². The number of nitrogens with zero attached hydrogens (tertiary/aromatic N) is 2. The number of anilines is 1. The Labute approximate surface area is 210 Å². The van der Waals surface area contributed by atoms with Gasteiger partial charge in [0.1, 0.15) is 12.4 Å². The number of nitrogens with one attached hydrogen (secondary N) is 1. The molecular weight excluding hydrogens is 489 g/mol. The van der Waals surface area contributed by atoms with Crippen LogP contribution in [0.2, 0.25) is 5.02 Å². The molecule has 1 heterocycles. The number of hydrogen-bond donors (Lipinski definition) is 1. The number of benzene rings is 3. The molecule has 1 amide bonds. The van der Waals surface area contributed by atoms with Gasteiger partial charge in [0.15, 0.2) is 11.5 Å². The van der Waals surface area contributed by atoms with Crippen LogP contribution in [0.3, 0.4) is 0 Å². The van der Waals surface area contributed by atoms with Gasteiger partial charge in [-0.3, -0.25) is 18.7 Å². The van der Waals surface area contributed by atoms with Gasteiger partial charge in [0.25, 0.3) is 5.56 Å². The number of halogens is 2. The highest BCUT2D eigenvalue weighted by molar-refractivity contribution is 6.31. The van der Waals surface area contributed by atoms with Crippen molar-refractivity contribution in [3.63, 3.8) is 0 Å². The second-order valence-corrected chi connectivity index (χ2v) is 8.37. The Hall–Kier alpha value is -4.11. The van der Waals surface area contributed by atoms with Crippen LogP contribution in [-0.4, -0.2) is 29.3 Å². The summed E-state index contributed by atoms with van der Waals surface area (Å²) in [5, 5.41) is 2.77. The maximum atomic E-state index is 13.4. The smallest absolute Gasteiger partial charge is 0.331 e. The number of methoxy groups -OCH3 is 2. The van der Waals surface area contributed by atoms with E-state index in [0.29, 0.717) is 28.8 Å². The number of carbonyl (C=O) groups is 1. The largest absolute Gasteiger partial charge is 0.493 e. The van der Waals surface area contributed by atoms with Crippen molar-refractivity contribution in [3.8, 4) is 11.5 Å². The lowest BCUT2D eigenvalue weighted by Gasteiger charge is -2.15. The standard InChI is InChI=1S/C26H23ClFN3O5/c1-35-22-10-7-16(13-23(22)36-2)11-12-30-25(33)18-5-3-4-6-21(18)31(26(30)34)15-24(32)29-17-8-9-20(28)19(27)14-17/h3-10,13-14H,11-12,15H2,1-2H3,(H,29,32). The van der Waals surface area contributed by atoms with Crippen molar-refractivity contribution in [3.05, 3.63) is 97.9 Å². The van der Waals surface area contributed by atoms with Gasteiger partial charge < -0.3 is 14.8 Å². The van der Waals surface area contributed by atoms with E-state index in [1.54, 1.807) is 36.4 Å². The number of rotatable bonds is 8. The zero-order chi connectivity index (χ0) is 25.8. The molecule has 8 nitrogen and oxygen atoms in total. The predicted molar refractivity (Wildman–Crippen MR) is 136 cm³/mol. The maximum Gasteiger partial charge on any atom is 0.331 e. The molecule has 0 atom stereocenters. The van der Waals surface area contributed by atoms with Gasteiger partial charge in [0.2, 0.25) is 5.91 Å². The van der Waals surface area contributed by atoms with Crippen LogP contribution in [0.1, 0.15) is 5.56 Å². The van der Waals surface area contributed by atoms with Gasteiger partial charge in [-0.2, -0.15) is 0 Å². The van der Waals surface area contributed by atoms with Crippen LogP contribution >= 0.6 is 11.6 Å². The Bertz CT molecular complexity index is 1560. The zero-order valence-electron chi connectivity index (χ0n) is 19.6. The van der Waals surface area contributed by atoms with E-state index in [2.05, 4.69) is 5.32 Å². The second kappa shape index (κ2) is 10.7. The Morgan fingerprint density at radius 1 is 0.972 bits per heavy atom. The van der Waals surface area contributed by atoms with Crippen LogP contribution in [0.15, 0.2) is 70.3 Å². The third-order valence-corrected chi connectivity index (χ3v) is 6.00. The summed E-state index contributed by atoms with van der Waals surface area (Å²) in [6.07, 6.45) is 0.369. The Kier molecular flexibility index (Phi) is 7.40. The van der Waals surface area contributed by atoms with E-state index < -0.39 is 23.0 Å². The van der Waals surface area contributed by atoms with Crippen molar-refractivity contribution >= 4 is 34.1 Å². The minimum Gasteiger partial charge on any atom is -0.493 e. The van der Waals surface area contributed by atoms with E-state index in [1.165, 1.54) is 30.9 Å². The molecule has 3 aromatic carbocycles. The molecule has 0 saturated heterocycles. The fourth-order valence-corrected chi connectivity index (χ4v) is 4.10. The van der Waals surface area contributed by atoms with Crippen LogP contribution in [0, 0.1) is 5.82 Å². The summed E-state index contributed by atoms with van der Waals surface area (Å²) in [7, 11) is 3.06. The number of amides is 1. The lowest BCUT2D eigenvalue weighted by atomic mass is 10.1. The minimum atomic E-state index is -0.619. The summed E-state index contributed by atoms with van der Waals surface area (Å²) >= 11 is 5.79. The molecule has 0 unspecified atom stereocenters. The fourth-order valence-electron chi connectivity index (χ4n) is 3.92. The van der Waals surface area contributed by atoms with Crippen molar-refractivity contribution < 1.29 is 18.7 Å². The maximum absolute atomic E-state index is 13.4. The zero-order valence-corrected chi connectivity index (χ0v) is 20.3. The minimum absolute atomic E-state index is 0.0904. The SMILES string of the molecule is COc1ccc(CCn2c(=O)c3ccccc3n(CC(=O)Nc3ccc(F)c(Cl)c3)c2=O)cc1OC. The van der Waals surface area contributed by atoms with Crippen molar-refractivity contribution in [1.29, 1.82) is 0 Å². The van der Waals surface area contributed by atoms with Gasteiger partial charge in [-0.1, -0.05) is 29.8 Å². The van der Waals surface area contributed by atoms with E-state index in [4.69, 9.17) is 21.1 Å². The first-order chi connectivity index (χ1) is 17.3. The first-order valence-corrected chi connectivity index (χ1v) is 11.4. The molecule has 0 fully saturated rings. The number of fused-ring (bicyclic) bond motifs is 1. The molecule has 0 aliphatic carbocycles. The molecule has 186 valence electrons. The van der Waals surface area contributed by atoms with Crippen molar-refractivity contribution in [2.24, 2.45) is 0 Å².